The number of urea groups is 1. The third kappa shape index (κ3) is 5.75. The average molecular weight is 420 g/mol. The normalized spacial score (nSPS) is 11.0. The van der Waals surface area contributed by atoms with Gasteiger partial charge in [0.1, 0.15) is 0 Å². The molecule has 0 saturated carbocycles. The van der Waals surface area contributed by atoms with Crippen LogP contribution in [0.3, 0.4) is 0 Å². The molecular weight excluding hydrogens is 400 g/mol. The van der Waals surface area contributed by atoms with E-state index in [-0.39, 0.29) is 27.8 Å². The summed E-state index contributed by atoms with van der Waals surface area (Å²) in [5, 5.41) is 16.0. The van der Waals surface area contributed by atoms with Crippen molar-refractivity contribution in [3.8, 4) is 0 Å². The zero-order valence-electron chi connectivity index (χ0n) is 15.9. The molecule has 10 nitrogen and oxygen atoms in total. The molecule has 2 aromatic carbocycles. The highest BCUT2D eigenvalue weighted by atomic mass is 32.2. The molecule has 0 bridgehead atoms. The number of aryl methyl sites for hydroxylation is 1. The lowest BCUT2D eigenvalue weighted by Gasteiger charge is -2.12. The lowest BCUT2D eigenvalue weighted by atomic mass is 10.2. The number of non-ortho nitro benzene ring substituents is 1. The van der Waals surface area contributed by atoms with Gasteiger partial charge in [-0.2, -0.15) is 0 Å². The minimum atomic E-state index is -4.25. The number of hydrogen-bond acceptors (Lipinski definition) is 6. The lowest BCUT2D eigenvalue weighted by Crippen LogP contribution is -2.34. The van der Waals surface area contributed by atoms with Gasteiger partial charge in [0.2, 0.25) is 0 Å². The first-order valence-corrected chi connectivity index (χ1v) is 9.97. The van der Waals surface area contributed by atoms with Crippen molar-refractivity contribution in [3.63, 3.8) is 0 Å². The van der Waals surface area contributed by atoms with Gasteiger partial charge in [-0.3, -0.25) is 14.9 Å². The number of hydrogen-bond donors (Lipinski definition) is 3. The second-order valence-corrected chi connectivity index (χ2v) is 8.13. The summed E-state index contributed by atoms with van der Waals surface area (Å²) in [7, 11) is -4.25. The smallest absolute Gasteiger partial charge is 0.319 e. The summed E-state index contributed by atoms with van der Waals surface area (Å²) >= 11 is 0. The number of nitro groups is 1. The van der Waals surface area contributed by atoms with Crippen LogP contribution in [0.25, 0.3) is 0 Å². The van der Waals surface area contributed by atoms with E-state index in [1.54, 1.807) is 19.9 Å². The van der Waals surface area contributed by atoms with Crippen LogP contribution in [0.4, 0.5) is 16.2 Å². The van der Waals surface area contributed by atoms with Crippen molar-refractivity contribution < 1.29 is 22.9 Å². The van der Waals surface area contributed by atoms with Crippen LogP contribution in [-0.4, -0.2) is 31.3 Å². The van der Waals surface area contributed by atoms with Gasteiger partial charge in [0.25, 0.3) is 21.6 Å². The van der Waals surface area contributed by atoms with E-state index < -0.39 is 26.9 Å². The molecule has 0 fully saturated rings. The molecule has 0 aliphatic carbocycles. The highest BCUT2D eigenvalue weighted by molar-refractivity contribution is 7.90. The Morgan fingerprint density at radius 1 is 1.10 bits per heavy atom. The first kappa shape index (κ1) is 21.8. The molecule has 2 aromatic rings. The van der Waals surface area contributed by atoms with Gasteiger partial charge in [-0.15, -0.1) is 0 Å². The molecule has 0 atom stereocenters. The summed E-state index contributed by atoms with van der Waals surface area (Å²) < 4.78 is 27.0. The van der Waals surface area contributed by atoms with Crippen molar-refractivity contribution in [2.24, 2.45) is 0 Å². The summed E-state index contributed by atoms with van der Waals surface area (Å²) in [5.41, 5.74) is 0.182. The molecule has 0 heterocycles. The van der Waals surface area contributed by atoms with Gasteiger partial charge in [-0.05, 0) is 50.6 Å². The molecule has 0 unspecified atom stereocenters. The highest BCUT2D eigenvalue weighted by Gasteiger charge is 2.22. The Balaban J connectivity index is 2.20. The van der Waals surface area contributed by atoms with Crippen molar-refractivity contribution in [1.29, 1.82) is 0 Å². The van der Waals surface area contributed by atoms with E-state index in [4.69, 9.17) is 0 Å². The number of nitro benzene ring substituents is 1. The number of nitrogens with one attached hydrogen (secondary N) is 3. The third-order valence-corrected chi connectivity index (χ3v) is 5.18. The lowest BCUT2D eigenvalue weighted by molar-refractivity contribution is -0.385. The van der Waals surface area contributed by atoms with Gasteiger partial charge in [-0.25, -0.2) is 17.9 Å². The van der Waals surface area contributed by atoms with E-state index in [1.807, 2.05) is 4.72 Å². The summed E-state index contributed by atoms with van der Waals surface area (Å²) in [4.78, 5) is 34.1. The maximum atomic E-state index is 12.5. The number of benzene rings is 2. The maximum absolute atomic E-state index is 12.5. The average Bonchev–Trinajstić information content (AvgIpc) is 2.60. The molecule has 0 aliphatic heterocycles. The van der Waals surface area contributed by atoms with Crippen LogP contribution < -0.4 is 15.4 Å². The van der Waals surface area contributed by atoms with Crippen LogP contribution in [0.1, 0.15) is 29.8 Å². The molecule has 0 aromatic heterocycles. The standard InChI is InChI=1S/C18H20N4O6S/c1-11(2)19-18(24)20-14-6-4-5-13(10-14)17(23)21-29(27,28)16-8-7-15(22(25)26)9-12(16)3/h4-11H,1-3H3,(H,21,23)(H2,19,20,24). The Labute approximate surface area is 167 Å². The molecule has 3 N–H and O–H groups in total. The zero-order valence-corrected chi connectivity index (χ0v) is 16.7. The molecule has 3 amide bonds. The summed E-state index contributed by atoms with van der Waals surface area (Å²) in [5.74, 6) is -0.907. The predicted octanol–water partition coefficient (Wildman–Crippen LogP) is 2.55. The topological polar surface area (TPSA) is 148 Å². The fourth-order valence-electron chi connectivity index (χ4n) is 2.45. The number of nitrogens with zero attached hydrogens (tertiary/aromatic N) is 1. The summed E-state index contributed by atoms with van der Waals surface area (Å²) in [6.07, 6.45) is 0. The van der Waals surface area contributed by atoms with E-state index in [2.05, 4.69) is 10.6 Å². The summed E-state index contributed by atoms with van der Waals surface area (Å²) in [6.45, 7) is 4.97. The van der Waals surface area contributed by atoms with Crippen LogP contribution in [0.5, 0.6) is 0 Å². The first-order valence-electron chi connectivity index (χ1n) is 8.49. The monoisotopic (exact) mass is 420 g/mol. The molecule has 11 heteroatoms. The second-order valence-electron chi connectivity index (χ2n) is 6.48. The van der Waals surface area contributed by atoms with E-state index in [9.17, 15) is 28.1 Å². The Hall–Kier alpha value is -3.47. The third-order valence-electron chi connectivity index (χ3n) is 3.69. The van der Waals surface area contributed by atoms with Gasteiger partial charge in [-0.1, -0.05) is 6.07 Å². The number of amides is 3. The molecule has 29 heavy (non-hydrogen) atoms. The molecule has 154 valence electrons. The maximum Gasteiger partial charge on any atom is 0.319 e. The SMILES string of the molecule is Cc1cc([N+](=O)[O-])ccc1S(=O)(=O)NC(=O)c1cccc(NC(=O)NC(C)C)c1. The molecular formula is C18H20N4O6S. The number of carbonyl (C=O) groups is 2. The number of rotatable bonds is 6. The van der Waals surface area contributed by atoms with Crippen LogP contribution in [0, 0.1) is 17.0 Å². The Bertz CT molecular complexity index is 1070. The minimum Gasteiger partial charge on any atom is -0.336 e. The van der Waals surface area contributed by atoms with Crippen LogP contribution in [0.2, 0.25) is 0 Å². The molecule has 0 saturated heterocycles. The van der Waals surface area contributed by atoms with Gasteiger partial charge in [0.05, 0.1) is 9.82 Å². The molecule has 2 rings (SSSR count). The largest absolute Gasteiger partial charge is 0.336 e. The minimum absolute atomic E-state index is 0.00971. The van der Waals surface area contributed by atoms with Crippen molar-refractivity contribution in [1.82, 2.24) is 10.0 Å². The Kier molecular flexibility index (Phi) is 6.54. The van der Waals surface area contributed by atoms with Crippen molar-refractivity contribution in [3.05, 3.63) is 63.7 Å². The molecule has 0 radical (unpaired) electrons. The fourth-order valence-corrected chi connectivity index (χ4v) is 3.65. The Morgan fingerprint density at radius 2 is 1.79 bits per heavy atom. The van der Waals surface area contributed by atoms with Crippen LogP contribution >= 0.6 is 0 Å². The summed E-state index contributed by atoms with van der Waals surface area (Å²) in [6, 6.07) is 8.42. The van der Waals surface area contributed by atoms with Gasteiger partial charge in [0, 0.05) is 29.4 Å². The second kappa shape index (κ2) is 8.69. The van der Waals surface area contributed by atoms with Crippen molar-refractivity contribution in [2.75, 3.05) is 5.32 Å². The number of carbonyl (C=O) groups excluding carboxylic acids is 2. The highest BCUT2D eigenvalue weighted by Crippen LogP contribution is 2.21. The molecule has 0 spiro atoms. The van der Waals surface area contributed by atoms with Gasteiger partial charge >= 0.3 is 6.03 Å². The van der Waals surface area contributed by atoms with E-state index in [0.717, 1.165) is 18.2 Å². The van der Waals surface area contributed by atoms with Crippen molar-refractivity contribution in [2.45, 2.75) is 31.7 Å². The predicted molar refractivity (Wildman–Crippen MR) is 106 cm³/mol. The van der Waals surface area contributed by atoms with E-state index in [0.29, 0.717) is 5.69 Å². The van der Waals surface area contributed by atoms with Gasteiger partial charge in [0.15, 0.2) is 0 Å². The van der Waals surface area contributed by atoms with E-state index >= 15 is 0 Å². The fraction of sp³-hybridized carbons (Fsp3) is 0.222. The van der Waals surface area contributed by atoms with Crippen LogP contribution in [-0.2, 0) is 10.0 Å². The number of sulfonamides is 1. The van der Waals surface area contributed by atoms with Crippen molar-refractivity contribution >= 4 is 33.3 Å². The van der Waals surface area contributed by atoms with E-state index in [1.165, 1.54) is 25.1 Å². The van der Waals surface area contributed by atoms with Crippen LogP contribution in [0.15, 0.2) is 47.4 Å². The van der Waals surface area contributed by atoms with Gasteiger partial charge < -0.3 is 10.6 Å². The number of anilines is 1. The zero-order chi connectivity index (χ0) is 21.8. The first-order chi connectivity index (χ1) is 13.5. The quantitative estimate of drug-likeness (QED) is 0.483. The Morgan fingerprint density at radius 3 is 2.38 bits per heavy atom. The molecule has 0 aliphatic rings.